The summed E-state index contributed by atoms with van der Waals surface area (Å²) < 4.78 is 10.5. The van der Waals surface area contributed by atoms with Crippen LogP contribution in [0.3, 0.4) is 0 Å². The van der Waals surface area contributed by atoms with Crippen LogP contribution in [0.4, 0.5) is 0 Å². The van der Waals surface area contributed by atoms with E-state index in [1.807, 2.05) is 6.08 Å². The van der Waals surface area contributed by atoms with Crippen LogP contribution in [-0.2, 0) is 19.1 Å². The zero-order valence-electron chi connectivity index (χ0n) is 20.5. The molecule has 4 heteroatoms. The Morgan fingerprint density at radius 3 is 1.50 bits per heavy atom. The summed E-state index contributed by atoms with van der Waals surface area (Å²) >= 11 is 0. The van der Waals surface area contributed by atoms with Gasteiger partial charge in [-0.2, -0.15) is 0 Å². The van der Waals surface area contributed by atoms with Gasteiger partial charge < -0.3 is 9.47 Å². The van der Waals surface area contributed by atoms with Crippen LogP contribution in [0.15, 0.2) is 38.0 Å². The van der Waals surface area contributed by atoms with Gasteiger partial charge in [0.2, 0.25) is 0 Å². The first-order valence-corrected chi connectivity index (χ1v) is 12.9. The van der Waals surface area contributed by atoms with Gasteiger partial charge in [-0.15, -0.1) is 6.58 Å². The molecular formula is C28H48O4. The van der Waals surface area contributed by atoms with Crippen molar-refractivity contribution in [3.05, 3.63) is 38.0 Å². The molecule has 0 aromatic heterocycles. The van der Waals surface area contributed by atoms with Crippen molar-refractivity contribution in [1.82, 2.24) is 0 Å². The molecule has 0 bridgehead atoms. The molecule has 1 unspecified atom stereocenters. The van der Waals surface area contributed by atoms with Crippen LogP contribution in [0.25, 0.3) is 0 Å². The number of carbonyl (C=O) groups excluding carboxylic acids is 2. The van der Waals surface area contributed by atoms with Gasteiger partial charge in [-0.25, -0.2) is 9.59 Å². The van der Waals surface area contributed by atoms with Gasteiger partial charge >= 0.3 is 11.9 Å². The largest absolute Gasteiger partial charge is 0.463 e. The topological polar surface area (TPSA) is 52.6 Å². The quantitative estimate of drug-likeness (QED) is 0.0649. The first kappa shape index (κ1) is 30.2. The second-order valence-corrected chi connectivity index (χ2v) is 8.59. The minimum absolute atomic E-state index is 0.0392. The van der Waals surface area contributed by atoms with E-state index >= 15 is 0 Å². The normalized spacial score (nSPS) is 11.5. The van der Waals surface area contributed by atoms with Crippen LogP contribution in [0.5, 0.6) is 0 Å². The molecule has 0 saturated carbocycles. The number of hydrogen-bond acceptors (Lipinski definition) is 4. The van der Waals surface area contributed by atoms with Gasteiger partial charge in [-0.3, -0.25) is 0 Å². The summed E-state index contributed by atoms with van der Waals surface area (Å²) in [5.41, 5.74) is 0. The molecule has 0 aliphatic carbocycles. The predicted octanol–water partition coefficient (Wildman–Crippen LogP) is 8.02. The maximum absolute atomic E-state index is 11.6. The van der Waals surface area contributed by atoms with E-state index in [1.54, 1.807) is 0 Å². The highest BCUT2D eigenvalue weighted by molar-refractivity contribution is 5.81. The lowest BCUT2D eigenvalue weighted by Gasteiger charge is -2.17. The van der Waals surface area contributed by atoms with Crippen LogP contribution in [-0.4, -0.2) is 24.6 Å². The monoisotopic (exact) mass is 448 g/mol. The third-order valence-electron chi connectivity index (χ3n) is 5.72. The van der Waals surface area contributed by atoms with Gasteiger partial charge in [0.25, 0.3) is 0 Å². The van der Waals surface area contributed by atoms with Gasteiger partial charge in [0.05, 0.1) is 6.61 Å². The van der Waals surface area contributed by atoms with Crippen LogP contribution in [0.1, 0.15) is 116 Å². The van der Waals surface area contributed by atoms with E-state index in [2.05, 4.69) is 19.7 Å². The van der Waals surface area contributed by atoms with Crippen LogP contribution in [0, 0.1) is 0 Å². The Morgan fingerprint density at radius 1 is 0.594 bits per heavy atom. The smallest absolute Gasteiger partial charge is 0.330 e. The van der Waals surface area contributed by atoms with Crippen molar-refractivity contribution in [2.75, 3.05) is 6.61 Å². The minimum atomic E-state index is -0.377. The van der Waals surface area contributed by atoms with E-state index in [4.69, 9.17) is 9.47 Å². The molecule has 4 nitrogen and oxygen atoms in total. The van der Waals surface area contributed by atoms with Crippen molar-refractivity contribution in [2.24, 2.45) is 0 Å². The Kier molecular flexibility index (Phi) is 22.4. The Bertz CT molecular complexity index is 498. The zero-order chi connectivity index (χ0) is 23.7. The van der Waals surface area contributed by atoms with Crippen molar-refractivity contribution in [2.45, 2.75) is 122 Å². The molecule has 0 amide bonds. The van der Waals surface area contributed by atoms with Gasteiger partial charge in [0.1, 0.15) is 6.10 Å². The molecule has 184 valence electrons. The maximum atomic E-state index is 11.6. The van der Waals surface area contributed by atoms with Gasteiger partial charge in [0.15, 0.2) is 0 Å². The minimum Gasteiger partial charge on any atom is -0.463 e. The van der Waals surface area contributed by atoms with Gasteiger partial charge in [-0.1, -0.05) is 83.4 Å². The summed E-state index contributed by atoms with van der Waals surface area (Å²) in [7, 11) is 0. The molecule has 0 rings (SSSR count). The van der Waals surface area contributed by atoms with Crippen LogP contribution >= 0.6 is 0 Å². The first-order valence-electron chi connectivity index (χ1n) is 12.9. The Hall–Kier alpha value is -1.84. The highest BCUT2D eigenvalue weighted by Crippen LogP contribution is 2.17. The number of hydrogen-bond donors (Lipinski definition) is 0. The van der Waals surface area contributed by atoms with Gasteiger partial charge in [0, 0.05) is 12.2 Å². The second kappa shape index (κ2) is 23.8. The number of carbonyl (C=O) groups is 2. The molecule has 1 atom stereocenters. The summed E-state index contributed by atoms with van der Waals surface area (Å²) in [6.07, 6.45) is 25.7. The standard InChI is InChI=1S/C28H48O4/c1-4-7-8-9-10-11-12-13-14-15-16-17-18-20-23-26(32-28(30)6-3)24-21-19-22-25-31-27(29)5-2/h4-6,26H,1-3,7-25H2. The van der Waals surface area contributed by atoms with Crippen molar-refractivity contribution in [3.8, 4) is 0 Å². The fraction of sp³-hybridized carbons (Fsp3) is 0.714. The third-order valence-corrected chi connectivity index (χ3v) is 5.72. The molecule has 0 aromatic carbocycles. The maximum Gasteiger partial charge on any atom is 0.330 e. The lowest BCUT2D eigenvalue weighted by Crippen LogP contribution is -2.17. The average Bonchev–Trinajstić information content (AvgIpc) is 2.80. The fourth-order valence-corrected chi connectivity index (χ4v) is 3.79. The molecule has 0 aliphatic rings. The van der Waals surface area contributed by atoms with E-state index in [-0.39, 0.29) is 18.0 Å². The second-order valence-electron chi connectivity index (χ2n) is 8.59. The Labute approximate surface area is 197 Å². The highest BCUT2D eigenvalue weighted by Gasteiger charge is 2.12. The molecule has 32 heavy (non-hydrogen) atoms. The lowest BCUT2D eigenvalue weighted by atomic mass is 10.0. The van der Waals surface area contributed by atoms with Crippen molar-refractivity contribution >= 4 is 11.9 Å². The number of rotatable bonds is 24. The summed E-state index contributed by atoms with van der Waals surface area (Å²) in [5.74, 6) is -0.715. The fourth-order valence-electron chi connectivity index (χ4n) is 3.79. The zero-order valence-corrected chi connectivity index (χ0v) is 20.5. The average molecular weight is 449 g/mol. The highest BCUT2D eigenvalue weighted by atomic mass is 16.5. The van der Waals surface area contributed by atoms with Crippen molar-refractivity contribution in [3.63, 3.8) is 0 Å². The number of allylic oxidation sites excluding steroid dienone is 1. The molecule has 0 spiro atoms. The van der Waals surface area contributed by atoms with Crippen LogP contribution < -0.4 is 0 Å². The van der Waals surface area contributed by atoms with E-state index in [0.29, 0.717) is 6.61 Å². The SMILES string of the molecule is C=CCCCCCCCCCCCCCCC(CCCCCOC(=O)C=C)OC(=O)C=C. The molecule has 0 radical (unpaired) electrons. The number of esters is 2. The molecule has 0 saturated heterocycles. The van der Waals surface area contributed by atoms with Crippen molar-refractivity contribution in [1.29, 1.82) is 0 Å². The summed E-state index contributed by atoms with van der Waals surface area (Å²) in [6, 6.07) is 0. The first-order chi connectivity index (χ1) is 15.6. The molecule has 0 N–H and O–H groups in total. The molecule has 0 aromatic rings. The molecule has 0 heterocycles. The predicted molar refractivity (Wildman–Crippen MR) is 135 cm³/mol. The third kappa shape index (κ3) is 21.4. The molecular weight excluding hydrogens is 400 g/mol. The Morgan fingerprint density at radius 2 is 1.03 bits per heavy atom. The molecule has 0 aliphatic heterocycles. The Balaban J connectivity index is 3.68. The van der Waals surface area contributed by atoms with E-state index < -0.39 is 0 Å². The van der Waals surface area contributed by atoms with E-state index in [0.717, 1.165) is 44.9 Å². The lowest BCUT2D eigenvalue weighted by molar-refractivity contribution is -0.144. The molecule has 0 fully saturated rings. The summed E-state index contributed by atoms with van der Waals surface area (Å²) in [4.78, 5) is 22.6. The van der Waals surface area contributed by atoms with E-state index in [9.17, 15) is 9.59 Å². The van der Waals surface area contributed by atoms with Gasteiger partial charge in [-0.05, 0) is 51.4 Å². The number of ether oxygens (including phenoxy) is 2. The van der Waals surface area contributed by atoms with Crippen LogP contribution in [0.2, 0.25) is 0 Å². The van der Waals surface area contributed by atoms with E-state index in [1.165, 1.54) is 82.8 Å². The van der Waals surface area contributed by atoms with Crippen molar-refractivity contribution < 1.29 is 19.1 Å². The number of unbranched alkanes of at least 4 members (excludes halogenated alkanes) is 14. The summed E-state index contributed by atoms with van der Waals surface area (Å²) in [5, 5.41) is 0. The summed E-state index contributed by atoms with van der Waals surface area (Å²) in [6.45, 7) is 11.1.